The van der Waals surface area contributed by atoms with Crippen LogP contribution in [-0.4, -0.2) is 25.0 Å². The maximum atomic E-state index is 12.3. The van der Waals surface area contributed by atoms with Gasteiger partial charge >= 0.3 is 0 Å². The number of carbonyl (C=O) groups is 1. The van der Waals surface area contributed by atoms with E-state index in [-0.39, 0.29) is 12.4 Å². The first-order chi connectivity index (χ1) is 8.27. The van der Waals surface area contributed by atoms with Crippen molar-refractivity contribution in [2.24, 2.45) is 23.7 Å². The molecule has 4 heteroatoms. The molecule has 0 aromatic heterocycles. The van der Waals surface area contributed by atoms with E-state index in [0.717, 1.165) is 31.3 Å². The van der Waals surface area contributed by atoms with E-state index in [0.29, 0.717) is 23.8 Å². The number of piperidine rings is 1. The lowest BCUT2D eigenvalue weighted by molar-refractivity contribution is -0.124. The van der Waals surface area contributed by atoms with E-state index in [1.165, 1.54) is 25.7 Å². The summed E-state index contributed by atoms with van der Waals surface area (Å²) in [6, 6.07) is 0.409. The summed E-state index contributed by atoms with van der Waals surface area (Å²) in [7, 11) is 0. The second kappa shape index (κ2) is 5.79. The molecule has 0 radical (unpaired) electrons. The number of carbonyl (C=O) groups excluding carboxylic acids is 1. The molecule has 4 unspecified atom stereocenters. The average Bonchev–Trinajstić information content (AvgIpc) is 3.06. The van der Waals surface area contributed by atoms with Crippen molar-refractivity contribution in [3.05, 3.63) is 0 Å². The molecule has 3 fully saturated rings. The molecule has 2 saturated carbocycles. The number of hydrogen-bond acceptors (Lipinski definition) is 2. The smallest absolute Gasteiger partial charge is 0.223 e. The third-order valence-corrected chi connectivity index (χ3v) is 5.07. The fourth-order valence-electron chi connectivity index (χ4n) is 3.89. The maximum absolute atomic E-state index is 12.3. The van der Waals surface area contributed by atoms with Crippen LogP contribution in [0.2, 0.25) is 0 Å². The van der Waals surface area contributed by atoms with Gasteiger partial charge in [-0.05, 0) is 50.1 Å². The summed E-state index contributed by atoms with van der Waals surface area (Å²) in [4.78, 5) is 12.3. The highest BCUT2D eigenvalue weighted by atomic mass is 35.5. The van der Waals surface area contributed by atoms with Crippen LogP contribution < -0.4 is 10.6 Å². The van der Waals surface area contributed by atoms with Gasteiger partial charge in [0.1, 0.15) is 0 Å². The van der Waals surface area contributed by atoms with E-state index in [1.54, 1.807) is 0 Å². The minimum atomic E-state index is 0. The van der Waals surface area contributed by atoms with Crippen molar-refractivity contribution < 1.29 is 4.79 Å². The quantitative estimate of drug-likeness (QED) is 0.807. The fraction of sp³-hybridized carbons (Fsp3) is 0.929. The summed E-state index contributed by atoms with van der Waals surface area (Å²) in [5.41, 5.74) is 0. The molecular weight excluding hydrogens is 248 g/mol. The molecule has 1 aliphatic heterocycles. The van der Waals surface area contributed by atoms with Gasteiger partial charge in [0, 0.05) is 12.0 Å². The minimum Gasteiger partial charge on any atom is -0.353 e. The van der Waals surface area contributed by atoms with E-state index < -0.39 is 0 Å². The molecule has 0 spiro atoms. The minimum absolute atomic E-state index is 0. The Morgan fingerprint density at radius 2 is 1.83 bits per heavy atom. The largest absolute Gasteiger partial charge is 0.353 e. The fourth-order valence-corrected chi connectivity index (χ4v) is 3.89. The molecule has 0 aromatic carbocycles. The van der Waals surface area contributed by atoms with Gasteiger partial charge < -0.3 is 10.6 Å². The highest BCUT2D eigenvalue weighted by Crippen LogP contribution is 2.55. The van der Waals surface area contributed by atoms with Crippen molar-refractivity contribution >= 4 is 18.3 Å². The van der Waals surface area contributed by atoms with Crippen LogP contribution in [0.5, 0.6) is 0 Å². The van der Waals surface area contributed by atoms with Crippen molar-refractivity contribution in [2.75, 3.05) is 13.1 Å². The number of halogens is 1. The van der Waals surface area contributed by atoms with Crippen LogP contribution in [0.4, 0.5) is 0 Å². The van der Waals surface area contributed by atoms with Gasteiger partial charge in [0.05, 0.1) is 0 Å². The Morgan fingerprint density at radius 3 is 2.44 bits per heavy atom. The molecule has 0 bridgehead atoms. The molecule has 3 aliphatic rings. The lowest BCUT2D eigenvalue weighted by atomic mass is 9.95. The summed E-state index contributed by atoms with van der Waals surface area (Å²) >= 11 is 0. The Morgan fingerprint density at radius 1 is 1.17 bits per heavy atom. The molecule has 18 heavy (non-hydrogen) atoms. The maximum Gasteiger partial charge on any atom is 0.223 e. The molecular formula is C14H25ClN2O. The van der Waals surface area contributed by atoms with Crippen LogP contribution in [0.3, 0.4) is 0 Å². The van der Waals surface area contributed by atoms with Gasteiger partial charge in [0.2, 0.25) is 5.91 Å². The van der Waals surface area contributed by atoms with E-state index in [9.17, 15) is 4.79 Å². The monoisotopic (exact) mass is 272 g/mol. The molecule has 2 N–H and O–H groups in total. The van der Waals surface area contributed by atoms with Crippen molar-refractivity contribution in [1.29, 1.82) is 0 Å². The third-order valence-electron chi connectivity index (χ3n) is 5.07. The van der Waals surface area contributed by atoms with Crippen LogP contribution in [0.1, 0.15) is 39.0 Å². The Bertz CT molecular complexity index is 298. The second-order valence-corrected chi connectivity index (χ2v) is 6.22. The molecule has 0 aromatic rings. The molecule has 1 amide bonds. The van der Waals surface area contributed by atoms with Crippen LogP contribution in [0, 0.1) is 23.7 Å². The number of nitrogens with one attached hydrogen (secondary N) is 2. The van der Waals surface area contributed by atoms with Crippen LogP contribution >= 0.6 is 12.4 Å². The lowest BCUT2D eigenvalue weighted by Crippen LogP contribution is -2.49. The Hall–Kier alpha value is -0.280. The SMILES string of the molecule is CC1CNCCC1NC(=O)C1C2CCCCC21.Cl. The van der Waals surface area contributed by atoms with Crippen LogP contribution in [0.15, 0.2) is 0 Å². The highest BCUT2D eigenvalue weighted by molar-refractivity contribution is 5.85. The van der Waals surface area contributed by atoms with Crippen LogP contribution in [0.25, 0.3) is 0 Å². The predicted molar refractivity (Wildman–Crippen MR) is 74.8 cm³/mol. The molecule has 2 aliphatic carbocycles. The topological polar surface area (TPSA) is 41.1 Å². The van der Waals surface area contributed by atoms with Crippen molar-refractivity contribution in [1.82, 2.24) is 10.6 Å². The van der Waals surface area contributed by atoms with E-state index >= 15 is 0 Å². The first kappa shape index (κ1) is 14.1. The zero-order chi connectivity index (χ0) is 11.8. The van der Waals surface area contributed by atoms with Crippen molar-refractivity contribution in [2.45, 2.75) is 45.1 Å². The highest BCUT2D eigenvalue weighted by Gasteiger charge is 2.54. The number of fused-ring (bicyclic) bond motifs is 1. The summed E-state index contributed by atoms with van der Waals surface area (Å²) in [5.74, 6) is 2.79. The Labute approximate surface area is 116 Å². The van der Waals surface area contributed by atoms with Gasteiger partial charge in [-0.1, -0.05) is 19.8 Å². The van der Waals surface area contributed by atoms with E-state index in [4.69, 9.17) is 0 Å². The Kier molecular flexibility index (Phi) is 4.54. The molecule has 1 saturated heterocycles. The standard InChI is InChI=1S/C14H24N2O.ClH/c1-9-8-15-7-6-12(9)16-14(17)13-10-4-2-3-5-11(10)13;/h9-13,15H,2-8H2,1H3,(H,16,17);1H. The summed E-state index contributed by atoms with van der Waals surface area (Å²) in [6.07, 6.45) is 6.37. The molecule has 1 heterocycles. The first-order valence-electron chi connectivity index (χ1n) is 7.28. The van der Waals surface area contributed by atoms with Gasteiger partial charge in [0.15, 0.2) is 0 Å². The average molecular weight is 273 g/mol. The van der Waals surface area contributed by atoms with Crippen LogP contribution in [-0.2, 0) is 4.79 Å². The number of hydrogen-bond donors (Lipinski definition) is 2. The van der Waals surface area contributed by atoms with Gasteiger partial charge in [0.25, 0.3) is 0 Å². The van der Waals surface area contributed by atoms with E-state index in [2.05, 4.69) is 17.6 Å². The number of rotatable bonds is 2. The Balaban J connectivity index is 0.00000120. The summed E-state index contributed by atoms with van der Waals surface area (Å²) in [5, 5.41) is 6.69. The lowest BCUT2D eigenvalue weighted by Gasteiger charge is -2.30. The van der Waals surface area contributed by atoms with Gasteiger partial charge in [-0.2, -0.15) is 0 Å². The van der Waals surface area contributed by atoms with Crippen molar-refractivity contribution in [3.8, 4) is 0 Å². The zero-order valence-electron chi connectivity index (χ0n) is 11.2. The summed E-state index contributed by atoms with van der Waals surface area (Å²) in [6.45, 7) is 4.33. The predicted octanol–water partition coefficient (Wildman–Crippen LogP) is 1.96. The molecule has 3 nitrogen and oxygen atoms in total. The molecule has 104 valence electrons. The summed E-state index contributed by atoms with van der Waals surface area (Å²) < 4.78 is 0. The molecule has 4 atom stereocenters. The molecule has 3 rings (SSSR count). The van der Waals surface area contributed by atoms with E-state index in [1.807, 2.05) is 0 Å². The second-order valence-electron chi connectivity index (χ2n) is 6.22. The normalized spacial score (nSPS) is 42.4. The van der Waals surface area contributed by atoms with Crippen molar-refractivity contribution in [3.63, 3.8) is 0 Å². The third kappa shape index (κ3) is 2.67. The van der Waals surface area contributed by atoms with Gasteiger partial charge in [-0.3, -0.25) is 4.79 Å². The first-order valence-corrected chi connectivity index (χ1v) is 7.28. The number of amides is 1. The van der Waals surface area contributed by atoms with Gasteiger partial charge in [-0.25, -0.2) is 0 Å². The zero-order valence-corrected chi connectivity index (χ0v) is 12.0. The van der Waals surface area contributed by atoms with Gasteiger partial charge in [-0.15, -0.1) is 12.4 Å².